The largest absolute Gasteiger partial charge is 0.494 e. The van der Waals surface area contributed by atoms with Gasteiger partial charge in [0.15, 0.2) is 0 Å². The minimum atomic E-state index is -1.23. The first-order valence-electron chi connectivity index (χ1n) is 41.3. The van der Waals surface area contributed by atoms with Crippen LogP contribution in [0.15, 0.2) is 175 Å². The fourth-order valence-electron chi connectivity index (χ4n) is 21.1. The molecule has 3 aromatic heterocycles. The van der Waals surface area contributed by atoms with Crippen molar-refractivity contribution in [3.8, 4) is 67.1 Å². The number of aromatic nitrogens is 1. The molecule has 1 aliphatic heterocycles. The molecule has 2 unspecified atom stereocenters. The summed E-state index contributed by atoms with van der Waals surface area (Å²) in [5.74, 6) is 0.892. The highest BCUT2D eigenvalue weighted by molar-refractivity contribution is 7.29. The molecule has 0 bridgehead atoms. The van der Waals surface area contributed by atoms with Gasteiger partial charge in [0.1, 0.15) is 23.1 Å². The van der Waals surface area contributed by atoms with E-state index in [0.717, 1.165) is 162 Å². The first-order chi connectivity index (χ1) is 53.0. The summed E-state index contributed by atoms with van der Waals surface area (Å²) in [5, 5.41) is 20.1. The third kappa shape index (κ3) is 12.1. The number of anilines is 5. The zero-order chi connectivity index (χ0) is 74.4. The van der Waals surface area contributed by atoms with Crippen molar-refractivity contribution in [3.05, 3.63) is 219 Å². The third-order valence-electron chi connectivity index (χ3n) is 25.1. The highest BCUT2D eigenvalue weighted by Crippen LogP contribution is 2.72. The Morgan fingerprint density at radius 1 is 0.519 bits per heavy atom. The minimum absolute atomic E-state index is 0.0787. The van der Waals surface area contributed by atoms with E-state index in [4.69, 9.17) is 9.47 Å². The molecule has 16 rings (SSSR count). The molecule has 0 radical (unpaired) electrons. The van der Waals surface area contributed by atoms with Crippen LogP contribution in [0, 0.1) is 11.3 Å². The van der Waals surface area contributed by atoms with Gasteiger partial charge in [0, 0.05) is 72.1 Å². The summed E-state index contributed by atoms with van der Waals surface area (Å²) < 4.78 is 17.0. The van der Waals surface area contributed by atoms with Gasteiger partial charge in [0.25, 0.3) is 0 Å². The molecule has 1 N–H and O–H groups in total. The molecule has 11 aromatic rings. The van der Waals surface area contributed by atoms with Crippen LogP contribution in [0.5, 0.6) is 11.5 Å². The molecule has 10 heteroatoms. The number of nitrogens with zero attached hydrogens (tertiary/aromatic N) is 4. The molecule has 8 aromatic carbocycles. The molecule has 4 heterocycles. The molecule has 0 amide bonds. The van der Waals surface area contributed by atoms with Gasteiger partial charge < -0.3 is 28.9 Å². The lowest BCUT2D eigenvalue weighted by Gasteiger charge is -2.39. The second-order valence-electron chi connectivity index (χ2n) is 31.7. The van der Waals surface area contributed by atoms with Crippen molar-refractivity contribution in [2.75, 3.05) is 23.0 Å². The molecule has 2 atom stereocenters. The molecular formula is C98H106N4O4S2. The molecule has 0 spiro atoms. The molecule has 8 nitrogen and oxygen atoms in total. The number of carboxylic acids is 1. The van der Waals surface area contributed by atoms with Gasteiger partial charge in [-0.3, -0.25) is 0 Å². The summed E-state index contributed by atoms with van der Waals surface area (Å²) in [4.78, 5) is 19.4. The van der Waals surface area contributed by atoms with Gasteiger partial charge in [-0.2, -0.15) is 5.26 Å². The number of hydrogen-bond donors (Lipinski definition) is 1. The Morgan fingerprint density at radius 2 is 1.00 bits per heavy atom. The lowest BCUT2D eigenvalue weighted by molar-refractivity contribution is -0.132. The predicted octanol–water partition coefficient (Wildman–Crippen LogP) is 28.3. The zero-order valence-corrected chi connectivity index (χ0v) is 66.5. The summed E-state index contributed by atoms with van der Waals surface area (Å²) in [6.45, 7) is 20.5. The number of ether oxygens (including phenoxy) is 2. The summed E-state index contributed by atoms with van der Waals surface area (Å²) in [7, 11) is 0. The van der Waals surface area contributed by atoms with Gasteiger partial charge in [-0.25, -0.2) is 4.79 Å². The SMILES string of the molecule is CCCCCCOc1ccc(N(c2ccc(OCCCCCC)cc2)c2ccc(-n3c4cc(/C=C(/C#N)C(=O)O)sc4c4sc(-c5ccc6c(c5)C5CCCC5N6c5ccc6c(c5)C(CCC)(CCC)c5c7c(c8c(c5-6)C(CCC)(CCC)c5ccccc5-8)C(CCC)(CCC)c5ccccc5-7)cc43)cc2)cc1. The normalized spacial score (nSPS) is 16.4. The first-order valence-corrected chi connectivity index (χ1v) is 42.9. The number of hydrogen-bond acceptors (Lipinski definition) is 8. The molecule has 0 saturated heterocycles. The van der Waals surface area contributed by atoms with Crippen LogP contribution in [-0.2, 0) is 21.0 Å². The van der Waals surface area contributed by atoms with Gasteiger partial charge in [-0.15, -0.1) is 22.7 Å². The Kier molecular flexibility index (Phi) is 20.8. The fraction of sp³-hybridized carbons (Fsp3) is 0.388. The Morgan fingerprint density at radius 3 is 1.51 bits per heavy atom. The number of nitriles is 1. The van der Waals surface area contributed by atoms with Crippen LogP contribution in [-0.4, -0.2) is 34.9 Å². The fourth-order valence-corrected chi connectivity index (χ4v) is 23.5. The van der Waals surface area contributed by atoms with Gasteiger partial charge in [0.2, 0.25) is 0 Å². The van der Waals surface area contributed by atoms with Crippen molar-refractivity contribution in [2.24, 2.45) is 0 Å². The number of benzene rings is 8. The molecule has 4 aliphatic carbocycles. The van der Waals surface area contributed by atoms with E-state index in [0.29, 0.717) is 25.2 Å². The van der Waals surface area contributed by atoms with E-state index < -0.39 is 5.97 Å². The summed E-state index contributed by atoms with van der Waals surface area (Å²) in [6.07, 6.45) is 27.8. The molecule has 1 fully saturated rings. The zero-order valence-electron chi connectivity index (χ0n) is 64.9. The van der Waals surface area contributed by atoms with Gasteiger partial charge in [-0.1, -0.05) is 200 Å². The number of rotatable bonds is 32. The summed E-state index contributed by atoms with van der Waals surface area (Å²) >= 11 is 3.36. The number of carboxylic acid groups (broad SMARTS) is 1. The van der Waals surface area contributed by atoms with Gasteiger partial charge >= 0.3 is 5.97 Å². The maximum Gasteiger partial charge on any atom is 0.346 e. The van der Waals surface area contributed by atoms with Crippen LogP contribution in [0.1, 0.15) is 253 Å². The molecule has 554 valence electrons. The van der Waals surface area contributed by atoms with E-state index in [2.05, 4.69) is 240 Å². The van der Waals surface area contributed by atoms with E-state index in [1.165, 1.54) is 95.1 Å². The Balaban J connectivity index is 0.802. The van der Waals surface area contributed by atoms with Crippen LogP contribution < -0.4 is 19.3 Å². The van der Waals surface area contributed by atoms with Crippen molar-refractivity contribution in [1.82, 2.24) is 4.57 Å². The topological polar surface area (TPSA) is 91.0 Å². The van der Waals surface area contributed by atoms with Crippen molar-refractivity contribution in [2.45, 2.75) is 231 Å². The monoisotopic (exact) mass is 1470 g/mol. The number of carbonyl (C=O) groups is 1. The van der Waals surface area contributed by atoms with Crippen molar-refractivity contribution in [3.63, 3.8) is 0 Å². The Labute approximate surface area is 649 Å². The maximum absolute atomic E-state index is 12.4. The smallest absolute Gasteiger partial charge is 0.346 e. The summed E-state index contributed by atoms with van der Waals surface area (Å²) in [6, 6.07) is 67.3. The van der Waals surface area contributed by atoms with E-state index in [9.17, 15) is 15.2 Å². The molecule has 5 aliphatic rings. The number of thiophene rings is 2. The molecule has 1 saturated carbocycles. The molecular weight excluding hydrogens is 1360 g/mol. The van der Waals surface area contributed by atoms with Gasteiger partial charge in [0.05, 0.1) is 33.6 Å². The third-order valence-corrected chi connectivity index (χ3v) is 27.5. The maximum atomic E-state index is 12.4. The minimum Gasteiger partial charge on any atom is -0.494 e. The lowest BCUT2D eigenvalue weighted by Crippen LogP contribution is -2.31. The molecule has 108 heavy (non-hydrogen) atoms. The quantitative estimate of drug-likeness (QED) is 0.0255. The second kappa shape index (κ2) is 30.7. The van der Waals surface area contributed by atoms with E-state index in [1.807, 2.05) is 17.4 Å². The van der Waals surface area contributed by atoms with Crippen molar-refractivity contribution in [1.29, 1.82) is 5.26 Å². The highest BCUT2D eigenvalue weighted by Gasteiger charge is 2.58. The number of aliphatic carboxylic acids is 1. The van der Waals surface area contributed by atoms with E-state index >= 15 is 0 Å². The Hall–Kier alpha value is -9.14. The highest BCUT2D eigenvalue weighted by atomic mass is 32.1. The van der Waals surface area contributed by atoms with Crippen LogP contribution in [0.3, 0.4) is 0 Å². The Bertz CT molecular complexity index is 5150. The first kappa shape index (κ1) is 73.0. The number of fused-ring (bicyclic) bond motifs is 18. The average Bonchev–Trinajstić information content (AvgIpc) is 1.48. The van der Waals surface area contributed by atoms with E-state index in [-0.39, 0.29) is 21.8 Å². The second-order valence-corrected chi connectivity index (χ2v) is 33.9. The summed E-state index contributed by atoms with van der Waals surface area (Å²) in [5.41, 5.74) is 29.7. The van der Waals surface area contributed by atoms with Crippen LogP contribution in [0.25, 0.3) is 76.0 Å². The van der Waals surface area contributed by atoms with Crippen molar-refractivity contribution >= 4 is 83.6 Å². The van der Waals surface area contributed by atoms with Crippen LogP contribution in [0.2, 0.25) is 0 Å². The lowest BCUT2D eigenvalue weighted by atomic mass is 9.64. The van der Waals surface area contributed by atoms with Crippen LogP contribution in [0.4, 0.5) is 28.4 Å². The van der Waals surface area contributed by atoms with Gasteiger partial charge in [-0.05, 0) is 257 Å². The number of unbranched alkanes of at least 4 members (excludes halogenated alkanes) is 6. The predicted molar refractivity (Wildman–Crippen MR) is 454 cm³/mol. The van der Waals surface area contributed by atoms with Crippen molar-refractivity contribution < 1.29 is 19.4 Å². The van der Waals surface area contributed by atoms with E-state index in [1.54, 1.807) is 61.4 Å². The average molecular weight is 1470 g/mol. The van der Waals surface area contributed by atoms with Crippen LogP contribution >= 0.6 is 22.7 Å². The standard InChI is InChI=1S/C98H106N4O4S2/c1-9-17-19-25-56-105-71-44-39-67(40-45-71)100(68-41-46-72(47-42-68)106-57-26-20-18-10-2)66-35-37-69(38-36-66)101-84-61-73(58-65(63-99)95(103)104)107-93(84)94-85(101)62-86(108-94)64-34-49-83-78(59-64)74-30-27-33-82(74)102(83)70-43-48-77-81(60-70)98(54-15-7,55-16-8)92-88-76-29-22-24-32-80(76)96(50-11-3,51-12-4)90(88)87-75-28-21-23-31-79(75)97(52-13-5,53-14-6)91(87)89(77)92/h21-24,28-29,31-32,34-49,58-62,74,82H,9-20,25-27,30,33,50-57H2,1-8H3,(H,103,104)/b65-58-.